The molecule has 1 saturated heterocycles. The van der Waals surface area contributed by atoms with Gasteiger partial charge < -0.3 is 4.90 Å². The Morgan fingerprint density at radius 1 is 1.19 bits per heavy atom. The molecule has 1 aliphatic heterocycles. The first kappa shape index (κ1) is 19.1. The molecular formula is C17H13ClF3N3O3. The Morgan fingerprint density at radius 3 is 2.30 bits per heavy atom. The first-order valence-corrected chi connectivity index (χ1v) is 8.39. The van der Waals surface area contributed by atoms with Crippen LogP contribution in [0.4, 0.5) is 24.7 Å². The van der Waals surface area contributed by atoms with Crippen LogP contribution in [0.2, 0.25) is 5.02 Å². The van der Waals surface area contributed by atoms with Gasteiger partial charge in [-0.05, 0) is 12.8 Å². The van der Waals surface area contributed by atoms with Crippen LogP contribution in [0.25, 0.3) is 0 Å². The molecule has 0 N–H and O–H groups in total. The number of rotatable bonds is 4. The van der Waals surface area contributed by atoms with Gasteiger partial charge in [-0.2, -0.15) is 0 Å². The number of Topliss-reactive ketones (excluding diaryl/α,β-unsaturated/α-hetero) is 1. The molecule has 2 aromatic rings. The standard InChI is InChI=1S/C17H13ClF3N3O3/c18-12-7-11(24(26)27)8-22-17(12)23-3-1-9(2-4-23)16(25)15-13(20)5-10(19)6-14(15)21/h5-9H,1-4H2. The van der Waals surface area contributed by atoms with E-state index < -0.39 is 39.6 Å². The van der Waals surface area contributed by atoms with Crippen molar-refractivity contribution in [1.29, 1.82) is 0 Å². The monoisotopic (exact) mass is 399 g/mol. The van der Waals surface area contributed by atoms with Gasteiger partial charge in [0.15, 0.2) is 5.78 Å². The maximum absolute atomic E-state index is 13.8. The van der Waals surface area contributed by atoms with E-state index in [2.05, 4.69) is 4.98 Å². The molecule has 0 bridgehead atoms. The Bertz CT molecular complexity index is 895. The number of benzene rings is 1. The van der Waals surface area contributed by atoms with Gasteiger partial charge in [-0.3, -0.25) is 14.9 Å². The van der Waals surface area contributed by atoms with Crippen molar-refractivity contribution in [3.05, 3.63) is 62.5 Å². The van der Waals surface area contributed by atoms with Crippen LogP contribution in [-0.4, -0.2) is 28.8 Å². The highest BCUT2D eigenvalue weighted by Crippen LogP contribution is 2.32. The smallest absolute Gasteiger partial charge is 0.289 e. The molecular weight excluding hydrogens is 387 g/mol. The first-order chi connectivity index (χ1) is 12.8. The van der Waals surface area contributed by atoms with E-state index in [-0.39, 0.29) is 23.6 Å². The third kappa shape index (κ3) is 3.87. The lowest BCUT2D eigenvalue weighted by Crippen LogP contribution is -2.37. The van der Waals surface area contributed by atoms with Crippen LogP contribution in [0, 0.1) is 33.5 Å². The average Bonchev–Trinajstić information content (AvgIpc) is 2.60. The number of anilines is 1. The Labute approximate surface area is 156 Å². The molecule has 0 atom stereocenters. The normalized spacial score (nSPS) is 15.0. The van der Waals surface area contributed by atoms with E-state index in [9.17, 15) is 28.1 Å². The third-order valence-electron chi connectivity index (χ3n) is 4.44. The van der Waals surface area contributed by atoms with E-state index in [1.54, 1.807) is 4.90 Å². The highest BCUT2D eigenvalue weighted by molar-refractivity contribution is 6.33. The number of nitro groups is 1. The number of piperidine rings is 1. The summed E-state index contributed by atoms with van der Waals surface area (Å²) in [6.45, 7) is 0.650. The summed E-state index contributed by atoms with van der Waals surface area (Å²) in [5.41, 5.74) is -0.975. The average molecular weight is 400 g/mol. The number of ketones is 1. The minimum Gasteiger partial charge on any atom is -0.355 e. The molecule has 1 aromatic heterocycles. The summed E-state index contributed by atoms with van der Waals surface area (Å²) in [7, 11) is 0. The summed E-state index contributed by atoms with van der Waals surface area (Å²) < 4.78 is 40.7. The van der Waals surface area contributed by atoms with E-state index in [0.29, 0.717) is 31.0 Å². The quantitative estimate of drug-likeness (QED) is 0.438. The van der Waals surface area contributed by atoms with Crippen LogP contribution >= 0.6 is 11.6 Å². The van der Waals surface area contributed by atoms with Gasteiger partial charge in [0, 0.05) is 37.2 Å². The Morgan fingerprint density at radius 2 is 1.78 bits per heavy atom. The number of nitrogens with zero attached hydrogens (tertiary/aromatic N) is 3. The lowest BCUT2D eigenvalue weighted by molar-refractivity contribution is -0.385. The summed E-state index contributed by atoms with van der Waals surface area (Å²) in [6.07, 6.45) is 1.65. The number of halogens is 4. The first-order valence-electron chi connectivity index (χ1n) is 8.01. The van der Waals surface area contributed by atoms with Crippen molar-refractivity contribution in [2.45, 2.75) is 12.8 Å². The van der Waals surface area contributed by atoms with Gasteiger partial charge in [-0.25, -0.2) is 18.2 Å². The number of hydrogen-bond acceptors (Lipinski definition) is 5. The number of hydrogen-bond donors (Lipinski definition) is 0. The highest BCUT2D eigenvalue weighted by Gasteiger charge is 2.31. The van der Waals surface area contributed by atoms with Crippen molar-refractivity contribution in [3.8, 4) is 0 Å². The maximum Gasteiger partial charge on any atom is 0.289 e. The largest absolute Gasteiger partial charge is 0.355 e. The number of carbonyl (C=O) groups excluding carboxylic acids is 1. The molecule has 1 fully saturated rings. The molecule has 27 heavy (non-hydrogen) atoms. The van der Waals surface area contributed by atoms with Crippen molar-refractivity contribution in [1.82, 2.24) is 4.98 Å². The predicted molar refractivity (Wildman–Crippen MR) is 91.5 cm³/mol. The van der Waals surface area contributed by atoms with Crippen LogP contribution in [0.5, 0.6) is 0 Å². The van der Waals surface area contributed by atoms with E-state index >= 15 is 0 Å². The predicted octanol–water partition coefficient (Wildman–Crippen LogP) is 4.16. The minimum absolute atomic E-state index is 0.101. The summed E-state index contributed by atoms with van der Waals surface area (Å²) in [6, 6.07) is 2.14. The third-order valence-corrected chi connectivity index (χ3v) is 4.71. The Kier molecular flexibility index (Phi) is 5.31. The fraction of sp³-hybridized carbons (Fsp3) is 0.294. The van der Waals surface area contributed by atoms with Gasteiger partial charge in [0.1, 0.15) is 29.5 Å². The number of carbonyl (C=O) groups is 1. The van der Waals surface area contributed by atoms with E-state index in [1.165, 1.54) is 6.07 Å². The molecule has 142 valence electrons. The Hall–Kier alpha value is -2.68. The van der Waals surface area contributed by atoms with Crippen LogP contribution < -0.4 is 4.90 Å². The van der Waals surface area contributed by atoms with Crippen LogP contribution in [0.3, 0.4) is 0 Å². The van der Waals surface area contributed by atoms with Gasteiger partial charge in [0.25, 0.3) is 5.69 Å². The fourth-order valence-corrected chi connectivity index (χ4v) is 3.37. The second kappa shape index (κ2) is 7.51. The zero-order valence-corrected chi connectivity index (χ0v) is 14.5. The van der Waals surface area contributed by atoms with Crippen molar-refractivity contribution in [3.63, 3.8) is 0 Å². The minimum atomic E-state index is -1.22. The van der Waals surface area contributed by atoms with Gasteiger partial charge in [-0.15, -0.1) is 0 Å². The summed E-state index contributed by atoms with van der Waals surface area (Å²) >= 11 is 6.05. The van der Waals surface area contributed by atoms with Gasteiger partial charge in [0.05, 0.1) is 15.5 Å². The van der Waals surface area contributed by atoms with Crippen LogP contribution in [0.1, 0.15) is 23.2 Å². The molecule has 1 aliphatic rings. The molecule has 6 nitrogen and oxygen atoms in total. The SMILES string of the molecule is O=C(c1c(F)cc(F)cc1F)C1CCN(c2ncc([N+](=O)[O-])cc2Cl)CC1. The van der Waals surface area contributed by atoms with Gasteiger partial charge in [-0.1, -0.05) is 11.6 Å². The number of pyridine rings is 1. The van der Waals surface area contributed by atoms with Crippen LogP contribution in [0.15, 0.2) is 24.4 Å². The van der Waals surface area contributed by atoms with E-state index in [4.69, 9.17) is 11.6 Å². The lowest BCUT2D eigenvalue weighted by Gasteiger charge is -2.32. The summed E-state index contributed by atoms with van der Waals surface area (Å²) in [5, 5.41) is 10.8. The van der Waals surface area contributed by atoms with Crippen molar-refractivity contribution in [2.75, 3.05) is 18.0 Å². The molecule has 0 radical (unpaired) electrons. The summed E-state index contributed by atoms with van der Waals surface area (Å²) in [4.78, 5) is 28.3. The van der Waals surface area contributed by atoms with Crippen molar-refractivity contribution >= 4 is 28.9 Å². The van der Waals surface area contributed by atoms with E-state index in [1.807, 2.05) is 0 Å². The van der Waals surface area contributed by atoms with Crippen molar-refractivity contribution in [2.24, 2.45) is 5.92 Å². The number of aromatic nitrogens is 1. The summed E-state index contributed by atoms with van der Waals surface area (Å²) in [5.74, 6) is -4.54. The molecule has 2 heterocycles. The molecule has 0 unspecified atom stereocenters. The zero-order chi connectivity index (χ0) is 19.7. The molecule has 0 saturated carbocycles. The topological polar surface area (TPSA) is 76.3 Å². The van der Waals surface area contributed by atoms with Crippen molar-refractivity contribution < 1.29 is 22.9 Å². The molecule has 10 heteroatoms. The molecule has 0 aliphatic carbocycles. The van der Waals surface area contributed by atoms with Gasteiger partial charge >= 0.3 is 0 Å². The molecule has 3 rings (SSSR count). The second-order valence-electron chi connectivity index (χ2n) is 6.13. The maximum atomic E-state index is 13.8. The molecule has 0 amide bonds. The van der Waals surface area contributed by atoms with E-state index in [0.717, 1.165) is 6.20 Å². The molecule has 0 spiro atoms. The second-order valence-corrected chi connectivity index (χ2v) is 6.53. The zero-order valence-electron chi connectivity index (χ0n) is 13.8. The van der Waals surface area contributed by atoms with Crippen LogP contribution in [-0.2, 0) is 0 Å². The molecule has 1 aromatic carbocycles. The van der Waals surface area contributed by atoms with Gasteiger partial charge in [0.2, 0.25) is 0 Å². The lowest BCUT2D eigenvalue weighted by atomic mass is 9.88. The fourth-order valence-electron chi connectivity index (χ4n) is 3.09. The highest BCUT2D eigenvalue weighted by atomic mass is 35.5. The Balaban J connectivity index is 1.72.